The summed E-state index contributed by atoms with van der Waals surface area (Å²) in [5, 5.41) is 0. The molecule has 66 valence electrons. The highest BCUT2D eigenvalue weighted by atomic mass is 35.7. The molecule has 0 aliphatic rings. The molecule has 0 amide bonds. The van der Waals surface area contributed by atoms with Gasteiger partial charge in [-0.15, -0.1) is 0 Å². The van der Waals surface area contributed by atoms with Gasteiger partial charge in [-0.1, -0.05) is 0 Å². The maximum Gasteiger partial charge on any atom is 0.347 e. The molecule has 7 heteroatoms. The van der Waals surface area contributed by atoms with Gasteiger partial charge in [-0.05, 0) is 0 Å². The normalized spacial score (nSPS) is 11.5. The molecule has 0 atom stereocenters. The Bertz CT molecular complexity index is 450. The third-order valence-corrected chi connectivity index (χ3v) is 2.51. The Kier molecular flexibility index (Phi) is 2.20. The molecule has 0 spiro atoms. The van der Waals surface area contributed by atoms with Crippen molar-refractivity contribution in [3.63, 3.8) is 0 Å². The fourth-order valence-electron chi connectivity index (χ4n) is 0.615. The van der Waals surface area contributed by atoms with Crippen LogP contribution in [0.1, 0.15) is 0 Å². The molecule has 0 fully saturated rings. The number of aryl methyl sites for hydroxylation is 1. The van der Waals surface area contributed by atoms with E-state index < -0.39 is 14.7 Å². The zero-order chi connectivity index (χ0) is 9.35. The Balaban J connectivity index is 3.43. The van der Waals surface area contributed by atoms with Gasteiger partial charge in [0.25, 0.3) is 9.05 Å². The van der Waals surface area contributed by atoms with Crippen molar-refractivity contribution in [3.8, 4) is 0 Å². The fraction of sp³-hybridized carbons (Fsp3) is 0.200. The van der Waals surface area contributed by atoms with Crippen LogP contribution in [0, 0.1) is 0 Å². The maximum absolute atomic E-state index is 10.7. The highest BCUT2D eigenvalue weighted by molar-refractivity contribution is 8.13. The van der Waals surface area contributed by atoms with E-state index in [0.29, 0.717) is 0 Å². The van der Waals surface area contributed by atoms with Crippen LogP contribution in [0.25, 0.3) is 0 Å². The molecule has 0 unspecified atom stereocenters. The van der Waals surface area contributed by atoms with Crippen molar-refractivity contribution in [1.82, 2.24) is 9.55 Å². The van der Waals surface area contributed by atoms with Crippen molar-refractivity contribution in [2.75, 3.05) is 0 Å². The molecule has 0 saturated carbocycles. The molecule has 12 heavy (non-hydrogen) atoms. The van der Waals surface area contributed by atoms with Crippen LogP contribution in [-0.4, -0.2) is 18.0 Å². The van der Waals surface area contributed by atoms with Gasteiger partial charge in [0.15, 0.2) is 0 Å². The van der Waals surface area contributed by atoms with Gasteiger partial charge in [0.1, 0.15) is 4.90 Å². The predicted molar refractivity (Wildman–Crippen MR) is 42.5 cm³/mol. The monoisotopic (exact) mass is 208 g/mol. The lowest BCUT2D eigenvalue weighted by atomic mass is 10.6. The van der Waals surface area contributed by atoms with Crippen molar-refractivity contribution in [1.29, 1.82) is 0 Å². The SMILES string of the molecule is Cn1cc(S(=O)(=O)Cl)cnc1=O. The van der Waals surface area contributed by atoms with Gasteiger partial charge in [-0.25, -0.2) is 18.2 Å². The Morgan fingerprint density at radius 1 is 1.58 bits per heavy atom. The second-order valence-electron chi connectivity index (χ2n) is 2.12. The average molecular weight is 209 g/mol. The Morgan fingerprint density at radius 3 is 2.58 bits per heavy atom. The molecule has 1 heterocycles. The number of halogens is 1. The highest BCUT2D eigenvalue weighted by Gasteiger charge is 2.10. The van der Waals surface area contributed by atoms with Crippen molar-refractivity contribution >= 4 is 19.7 Å². The second kappa shape index (κ2) is 2.87. The molecule has 1 aromatic rings. The minimum Gasteiger partial charge on any atom is -0.301 e. The van der Waals surface area contributed by atoms with Gasteiger partial charge in [0, 0.05) is 23.9 Å². The lowest BCUT2D eigenvalue weighted by molar-refractivity contribution is 0.606. The van der Waals surface area contributed by atoms with Crippen LogP contribution < -0.4 is 5.69 Å². The quantitative estimate of drug-likeness (QED) is 0.595. The standard InChI is InChI=1S/C5H5ClN2O3S/c1-8-3-4(12(6,10)11)2-7-5(8)9/h2-3H,1H3. The van der Waals surface area contributed by atoms with Crippen LogP contribution >= 0.6 is 10.7 Å². The zero-order valence-electron chi connectivity index (χ0n) is 6.06. The molecule has 5 nitrogen and oxygen atoms in total. The predicted octanol–water partition coefficient (Wildman–Crippen LogP) is -0.292. The first-order valence-electron chi connectivity index (χ1n) is 2.88. The average Bonchev–Trinajstić information content (AvgIpc) is 1.92. The van der Waals surface area contributed by atoms with Crippen LogP contribution in [0.4, 0.5) is 0 Å². The lowest BCUT2D eigenvalue weighted by Gasteiger charge is -1.97. The van der Waals surface area contributed by atoms with Gasteiger partial charge >= 0.3 is 5.69 Å². The number of rotatable bonds is 1. The molecular formula is C5H5ClN2O3S. The summed E-state index contributed by atoms with van der Waals surface area (Å²) in [6.07, 6.45) is 2.03. The summed E-state index contributed by atoms with van der Waals surface area (Å²) >= 11 is 0. The van der Waals surface area contributed by atoms with E-state index in [0.717, 1.165) is 17.0 Å². The summed E-state index contributed by atoms with van der Waals surface area (Å²) in [6.45, 7) is 0. The largest absolute Gasteiger partial charge is 0.347 e. The van der Waals surface area contributed by atoms with Gasteiger partial charge in [0.05, 0.1) is 6.20 Å². The molecule has 0 aliphatic heterocycles. The topological polar surface area (TPSA) is 69.0 Å². The minimum atomic E-state index is -3.79. The van der Waals surface area contributed by atoms with Gasteiger partial charge in [-0.3, -0.25) is 0 Å². The second-order valence-corrected chi connectivity index (χ2v) is 4.69. The summed E-state index contributed by atoms with van der Waals surface area (Å²) in [7, 11) is 2.60. The Labute approximate surface area is 73.0 Å². The van der Waals surface area contributed by atoms with Crippen molar-refractivity contribution in [2.24, 2.45) is 7.05 Å². The summed E-state index contributed by atoms with van der Waals surface area (Å²) < 4.78 is 22.4. The van der Waals surface area contributed by atoms with E-state index in [1.54, 1.807) is 0 Å². The molecule has 0 aromatic carbocycles. The first-order valence-corrected chi connectivity index (χ1v) is 5.19. The summed E-state index contributed by atoms with van der Waals surface area (Å²) in [5.41, 5.74) is -0.529. The van der Waals surface area contributed by atoms with Crippen LogP contribution in [0.15, 0.2) is 22.1 Å². The number of hydrogen-bond acceptors (Lipinski definition) is 4. The lowest BCUT2D eigenvalue weighted by Crippen LogP contribution is -2.19. The third kappa shape index (κ3) is 1.83. The van der Waals surface area contributed by atoms with Crippen molar-refractivity contribution in [3.05, 3.63) is 22.9 Å². The van der Waals surface area contributed by atoms with Gasteiger partial charge in [0.2, 0.25) is 0 Å². The van der Waals surface area contributed by atoms with E-state index in [1.807, 2.05) is 0 Å². The van der Waals surface area contributed by atoms with Gasteiger partial charge < -0.3 is 4.57 Å². The number of hydrogen-bond donors (Lipinski definition) is 0. The summed E-state index contributed by atoms with van der Waals surface area (Å²) in [4.78, 5) is 13.8. The molecule has 1 rings (SSSR count). The van der Waals surface area contributed by atoms with Gasteiger partial charge in [-0.2, -0.15) is 0 Å². The first-order chi connectivity index (χ1) is 5.41. The van der Waals surface area contributed by atoms with Crippen molar-refractivity contribution < 1.29 is 8.42 Å². The molecular weight excluding hydrogens is 204 g/mol. The number of nitrogens with zero attached hydrogens (tertiary/aromatic N) is 2. The Hall–Kier alpha value is -0.880. The zero-order valence-corrected chi connectivity index (χ0v) is 7.63. The smallest absolute Gasteiger partial charge is 0.301 e. The van der Waals surface area contributed by atoms with Crippen molar-refractivity contribution in [2.45, 2.75) is 4.90 Å². The summed E-state index contributed by atoms with van der Waals surface area (Å²) in [6, 6.07) is 0. The van der Waals surface area contributed by atoms with Crippen LogP contribution in [0.5, 0.6) is 0 Å². The molecule has 0 aliphatic carbocycles. The molecule has 0 saturated heterocycles. The molecule has 0 N–H and O–H groups in total. The van der Waals surface area contributed by atoms with E-state index in [4.69, 9.17) is 10.7 Å². The minimum absolute atomic E-state index is 0.189. The number of aromatic nitrogens is 2. The Morgan fingerprint density at radius 2 is 2.17 bits per heavy atom. The van der Waals surface area contributed by atoms with E-state index in [2.05, 4.69) is 4.98 Å². The van der Waals surface area contributed by atoms with Crippen LogP contribution in [-0.2, 0) is 16.1 Å². The highest BCUT2D eigenvalue weighted by Crippen LogP contribution is 2.10. The molecule has 0 bridgehead atoms. The molecule has 1 aromatic heterocycles. The van der Waals surface area contributed by atoms with E-state index in [9.17, 15) is 13.2 Å². The summed E-state index contributed by atoms with van der Waals surface area (Å²) in [5.74, 6) is 0. The van der Waals surface area contributed by atoms with E-state index >= 15 is 0 Å². The van der Waals surface area contributed by atoms with E-state index in [1.165, 1.54) is 7.05 Å². The first kappa shape index (κ1) is 9.21. The third-order valence-electron chi connectivity index (χ3n) is 1.21. The molecule has 0 radical (unpaired) electrons. The van der Waals surface area contributed by atoms with Crippen LogP contribution in [0.3, 0.4) is 0 Å². The fourth-order valence-corrected chi connectivity index (χ4v) is 1.32. The van der Waals surface area contributed by atoms with E-state index in [-0.39, 0.29) is 4.90 Å². The van der Waals surface area contributed by atoms with Crippen LogP contribution in [0.2, 0.25) is 0 Å². The maximum atomic E-state index is 10.7.